The molecule has 0 unspecified atom stereocenters. The largest absolute Gasteiger partial charge is 0.356 e. The van der Waals surface area contributed by atoms with Crippen molar-refractivity contribution < 1.29 is 0 Å². The fourth-order valence-electron chi connectivity index (χ4n) is 3.52. The van der Waals surface area contributed by atoms with E-state index in [1.165, 1.54) is 5.56 Å². The van der Waals surface area contributed by atoms with Crippen LogP contribution in [0.2, 0.25) is 0 Å². The highest BCUT2D eigenvalue weighted by Gasteiger charge is 2.21. The molecule has 0 radical (unpaired) electrons. The second-order valence-electron chi connectivity index (χ2n) is 7.91. The summed E-state index contributed by atoms with van der Waals surface area (Å²) >= 11 is 0. The third-order valence-electron chi connectivity index (χ3n) is 5.06. The average Bonchev–Trinajstić information content (AvgIpc) is 3.12. The van der Waals surface area contributed by atoms with Gasteiger partial charge in [0.05, 0.1) is 6.54 Å². The van der Waals surface area contributed by atoms with Crippen LogP contribution >= 0.6 is 0 Å². The molecule has 1 fully saturated rings. The minimum Gasteiger partial charge on any atom is -0.356 e. The number of anilines is 1. The first-order valence-corrected chi connectivity index (χ1v) is 10.2. The molecule has 0 amide bonds. The first kappa shape index (κ1) is 20.2. The molecule has 7 nitrogen and oxygen atoms in total. The molecule has 152 valence electrons. The van der Waals surface area contributed by atoms with Crippen LogP contribution in [0.25, 0.3) is 0 Å². The van der Waals surface area contributed by atoms with E-state index in [0.717, 1.165) is 50.1 Å². The molecule has 0 atom stereocenters. The molecule has 2 aromatic rings. The van der Waals surface area contributed by atoms with Crippen LogP contribution < -0.4 is 15.5 Å². The van der Waals surface area contributed by atoms with Gasteiger partial charge in [-0.3, -0.25) is 4.99 Å². The van der Waals surface area contributed by atoms with Crippen LogP contribution in [0.15, 0.2) is 35.7 Å². The van der Waals surface area contributed by atoms with Gasteiger partial charge in [-0.1, -0.05) is 19.9 Å². The number of aliphatic imine (C=N–C) groups is 1. The van der Waals surface area contributed by atoms with Gasteiger partial charge in [-0.2, -0.15) is 0 Å². The number of pyridine rings is 1. The molecule has 3 heterocycles. The van der Waals surface area contributed by atoms with Gasteiger partial charge < -0.3 is 20.1 Å². The second-order valence-corrected chi connectivity index (χ2v) is 7.91. The number of piperidine rings is 1. The zero-order valence-corrected chi connectivity index (χ0v) is 17.5. The lowest BCUT2D eigenvalue weighted by atomic mass is 10.1. The van der Waals surface area contributed by atoms with E-state index in [1.54, 1.807) is 0 Å². The van der Waals surface area contributed by atoms with E-state index in [4.69, 9.17) is 0 Å². The summed E-state index contributed by atoms with van der Waals surface area (Å²) in [7, 11) is 1.82. The number of imidazole rings is 1. The lowest BCUT2D eigenvalue weighted by Crippen LogP contribution is -2.48. The van der Waals surface area contributed by atoms with Crippen LogP contribution in [0.3, 0.4) is 0 Å². The summed E-state index contributed by atoms with van der Waals surface area (Å²) < 4.78 is 2.21. The number of hydrogen-bond donors (Lipinski definition) is 2. The van der Waals surface area contributed by atoms with Crippen LogP contribution in [-0.2, 0) is 13.1 Å². The molecule has 2 N–H and O–H groups in total. The summed E-state index contributed by atoms with van der Waals surface area (Å²) in [6.07, 6.45) is 7.98. The van der Waals surface area contributed by atoms with Crippen LogP contribution in [0, 0.1) is 12.8 Å². The molecule has 7 heteroatoms. The summed E-state index contributed by atoms with van der Waals surface area (Å²) in [6, 6.07) is 4.66. The molecular formula is C21H33N7. The Kier molecular flexibility index (Phi) is 6.90. The van der Waals surface area contributed by atoms with Gasteiger partial charge in [0.1, 0.15) is 11.6 Å². The first-order chi connectivity index (χ1) is 13.5. The van der Waals surface area contributed by atoms with Crippen molar-refractivity contribution in [2.75, 3.05) is 25.0 Å². The highest BCUT2D eigenvalue weighted by atomic mass is 15.2. The number of nitrogens with zero attached hydrogens (tertiary/aromatic N) is 5. The van der Waals surface area contributed by atoms with E-state index >= 15 is 0 Å². The Morgan fingerprint density at radius 1 is 1.25 bits per heavy atom. The molecule has 0 bridgehead atoms. The molecule has 0 aliphatic carbocycles. The number of guanidine groups is 1. The van der Waals surface area contributed by atoms with Crippen molar-refractivity contribution in [3.63, 3.8) is 0 Å². The summed E-state index contributed by atoms with van der Waals surface area (Å²) in [6.45, 7) is 10.2. The van der Waals surface area contributed by atoms with Gasteiger partial charge in [0.25, 0.3) is 0 Å². The van der Waals surface area contributed by atoms with Gasteiger partial charge in [0.2, 0.25) is 0 Å². The first-order valence-electron chi connectivity index (χ1n) is 10.2. The monoisotopic (exact) mass is 383 g/mol. The van der Waals surface area contributed by atoms with Crippen LogP contribution in [0.1, 0.15) is 38.1 Å². The average molecular weight is 384 g/mol. The standard InChI is InChI=1S/C21H33N7/c1-16(2)15-28-12-9-23-20(28)14-25-21(22-4)26-18-7-10-27(11-8-18)19-6-5-17(3)13-24-19/h5-6,9,12-13,16,18H,7-8,10-11,14-15H2,1-4H3,(H2,22,25,26). The number of nitrogens with one attached hydrogen (secondary N) is 2. The highest BCUT2D eigenvalue weighted by Crippen LogP contribution is 2.18. The zero-order chi connectivity index (χ0) is 19.9. The summed E-state index contributed by atoms with van der Waals surface area (Å²) in [5, 5.41) is 6.98. The molecule has 28 heavy (non-hydrogen) atoms. The van der Waals surface area contributed by atoms with Crippen molar-refractivity contribution in [3.05, 3.63) is 42.1 Å². The quantitative estimate of drug-likeness (QED) is 0.593. The Hall–Kier alpha value is -2.57. The maximum Gasteiger partial charge on any atom is 0.191 e. The van der Waals surface area contributed by atoms with Crippen molar-refractivity contribution in [1.82, 2.24) is 25.2 Å². The van der Waals surface area contributed by atoms with E-state index in [2.05, 4.69) is 68.0 Å². The molecule has 0 spiro atoms. The van der Waals surface area contributed by atoms with Crippen molar-refractivity contribution in [2.45, 2.75) is 52.7 Å². The van der Waals surface area contributed by atoms with E-state index in [9.17, 15) is 0 Å². The minimum absolute atomic E-state index is 0.420. The Morgan fingerprint density at radius 3 is 2.68 bits per heavy atom. The molecule has 0 aromatic carbocycles. The number of hydrogen-bond acceptors (Lipinski definition) is 4. The molecule has 3 rings (SSSR count). The van der Waals surface area contributed by atoms with E-state index < -0.39 is 0 Å². The Morgan fingerprint density at radius 2 is 2.04 bits per heavy atom. The highest BCUT2D eigenvalue weighted by molar-refractivity contribution is 5.79. The summed E-state index contributed by atoms with van der Waals surface area (Å²) in [4.78, 5) is 15.8. The zero-order valence-electron chi connectivity index (χ0n) is 17.5. The summed E-state index contributed by atoms with van der Waals surface area (Å²) in [5.41, 5.74) is 1.20. The van der Waals surface area contributed by atoms with E-state index in [0.29, 0.717) is 18.5 Å². The smallest absolute Gasteiger partial charge is 0.191 e. The number of aromatic nitrogens is 3. The van der Waals surface area contributed by atoms with Crippen LogP contribution in [-0.4, -0.2) is 46.7 Å². The maximum absolute atomic E-state index is 4.55. The van der Waals surface area contributed by atoms with Gasteiger partial charge in [0.15, 0.2) is 5.96 Å². The van der Waals surface area contributed by atoms with E-state index in [-0.39, 0.29) is 0 Å². The van der Waals surface area contributed by atoms with Gasteiger partial charge in [-0.25, -0.2) is 9.97 Å². The predicted octanol–water partition coefficient (Wildman–Crippen LogP) is 2.58. The van der Waals surface area contributed by atoms with E-state index in [1.807, 2.05) is 25.6 Å². The maximum atomic E-state index is 4.55. The fraction of sp³-hybridized carbons (Fsp3) is 0.571. The fourth-order valence-corrected chi connectivity index (χ4v) is 3.52. The Bertz CT molecular complexity index is 755. The topological polar surface area (TPSA) is 70.4 Å². The third-order valence-corrected chi connectivity index (χ3v) is 5.06. The Balaban J connectivity index is 1.47. The predicted molar refractivity (Wildman–Crippen MR) is 115 cm³/mol. The third kappa shape index (κ3) is 5.47. The lowest BCUT2D eigenvalue weighted by molar-refractivity contribution is 0.458. The van der Waals surface area contributed by atoms with Gasteiger partial charge in [-0.15, -0.1) is 0 Å². The normalized spacial score (nSPS) is 15.9. The van der Waals surface area contributed by atoms with Crippen LogP contribution in [0.4, 0.5) is 5.82 Å². The van der Waals surface area contributed by atoms with Gasteiger partial charge >= 0.3 is 0 Å². The molecule has 2 aromatic heterocycles. The lowest BCUT2D eigenvalue weighted by Gasteiger charge is -2.33. The Labute approximate surface area is 168 Å². The molecule has 1 saturated heterocycles. The molecule has 0 saturated carbocycles. The number of rotatable bonds is 6. The number of aryl methyl sites for hydroxylation is 1. The molecule has 1 aliphatic rings. The van der Waals surface area contributed by atoms with Crippen molar-refractivity contribution in [2.24, 2.45) is 10.9 Å². The summed E-state index contributed by atoms with van der Waals surface area (Å²) in [5.74, 6) is 3.55. The second kappa shape index (κ2) is 9.57. The molecule has 1 aliphatic heterocycles. The SMILES string of the molecule is CN=C(NCc1nccn1CC(C)C)NC1CCN(c2ccc(C)cn2)CC1. The minimum atomic E-state index is 0.420. The van der Waals surface area contributed by atoms with Gasteiger partial charge in [0, 0.05) is 51.3 Å². The molecular weight excluding hydrogens is 350 g/mol. The van der Waals surface area contributed by atoms with Crippen molar-refractivity contribution in [1.29, 1.82) is 0 Å². The van der Waals surface area contributed by atoms with Crippen molar-refractivity contribution in [3.8, 4) is 0 Å². The van der Waals surface area contributed by atoms with Crippen LogP contribution in [0.5, 0.6) is 0 Å². The van der Waals surface area contributed by atoms with Gasteiger partial charge in [-0.05, 0) is 37.3 Å². The van der Waals surface area contributed by atoms with Crippen molar-refractivity contribution >= 4 is 11.8 Å².